The van der Waals surface area contributed by atoms with E-state index in [0.29, 0.717) is 0 Å². The highest BCUT2D eigenvalue weighted by Gasteiger charge is 2.66. The van der Waals surface area contributed by atoms with Crippen LogP contribution in [0.5, 0.6) is 0 Å². The molecule has 11 aromatic carbocycles. The summed E-state index contributed by atoms with van der Waals surface area (Å²) in [5.74, 6) is 0. The van der Waals surface area contributed by atoms with Crippen LogP contribution < -0.4 is 9.80 Å². The van der Waals surface area contributed by atoms with Gasteiger partial charge in [-0.05, 0) is 196 Å². The summed E-state index contributed by atoms with van der Waals surface area (Å²) in [7, 11) is 0. The lowest BCUT2D eigenvalue weighted by molar-refractivity contribution is 0.0607. The van der Waals surface area contributed by atoms with Crippen molar-refractivity contribution in [2.24, 2.45) is 10.8 Å². The van der Waals surface area contributed by atoms with Crippen molar-refractivity contribution in [3.8, 4) is 44.5 Å². The monoisotopic (exact) mass is 1060 g/mol. The first-order valence-electron chi connectivity index (χ1n) is 30.7. The van der Waals surface area contributed by atoms with Gasteiger partial charge < -0.3 is 9.80 Å². The zero-order valence-corrected chi connectivity index (χ0v) is 49.3. The third-order valence-corrected chi connectivity index (χ3v) is 21.6. The van der Waals surface area contributed by atoms with E-state index in [-0.39, 0.29) is 32.7 Å². The van der Waals surface area contributed by atoms with E-state index in [9.17, 15) is 0 Å². The first kappa shape index (κ1) is 51.0. The lowest BCUT2D eigenvalue weighted by Gasteiger charge is -2.59. The van der Waals surface area contributed by atoms with Gasteiger partial charge in [-0.3, -0.25) is 0 Å². The van der Waals surface area contributed by atoms with Gasteiger partial charge in [-0.15, -0.1) is 0 Å². The van der Waals surface area contributed by atoms with E-state index >= 15 is 0 Å². The summed E-state index contributed by atoms with van der Waals surface area (Å²) in [6.45, 7) is 20.2. The lowest BCUT2D eigenvalue weighted by atomic mass is 9.52. The summed E-state index contributed by atoms with van der Waals surface area (Å²) in [4.78, 5) is 5.55. The SMILES string of the molecule is CC(C)(C)C12CCCCC1(C)c1cc(-c3ccc4c(-c5cccc6ccccc56)c5cc(-c6ccc7c(c6)C6(C)CCCCC6(C(C)(C)C)N7c6ccccc6)ccc5c(-c5cccc6ccccc56)c4c3)ccc1N2c1ccccc1. The first-order valence-corrected chi connectivity index (χ1v) is 30.7. The molecule has 2 fully saturated rings. The normalized spacial score (nSPS) is 22.4. The number of para-hydroxylation sites is 2. The molecule has 2 aliphatic heterocycles. The predicted molar refractivity (Wildman–Crippen MR) is 351 cm³/mol. The van der Waals surface area contributed by atoms with Crippen molar-refractivity contribution in [3.63, 3.8) is 0 Å². The quantitative estimate of drug-likeness (QED) is 0.153. The standard InChI is InChI=1S/C80H76N2/c1-75(2,3)79-47-21-19-45-77(79,7)69-51-57(39-43-71(69)81(79)59-29-11-9-12-30-59)55-37-41-65-67(49-55)73(63-35-23-27-53-25-15-17-33-61(53)63)66-42-38-56(50-68(66)74(65)64-36-24-28-54-26-16-18-34-62(54)64)58-40-44-72-70(52-58)78(8)46-20-22-48-80(78,76(4,5)6)82(72)60-31-13-10-14-32-60/h9-18,23-44,49-52H,19-22,45-48H2,1-8H3. The molecule has 0 N–H and O–H groups in total. The van der Waals surface area contributed by atoms with Crippen LogP contribution in [0.4, 0.5) is 22.7 Å². The predicted octanol–water partition coefficient (Wildman–Crippen LogP) is 22.5. The fraction of sp³-hybridized carbons (Fsp3) is 0.275. The van der Waals surface area contributed by atoms with Gasteiger partial charge in [0.25, 0.3) is 0 Å². The number of rotatable bonds is 6. The minimum Gasteiger partial charge on any atom is -0.334 e. The summed E-state index contributed by atoms with van der Waals surface area (Å²) >= 11 is 0. The Morgan fingerprint density at radius 1 is 0.317 bits per heavy atom. The molecule has 11 aromatic rings. The Morgan fingerprint density at radius 3 is 1.09 bits per heavy atom. The van der Waals surface area contributed by atoms with Gasteiger partial charge in [-0.25, -0.2) is 0 Å². The third-order valence-electron chi connectivity index (χ3n) is 21.6. The van der Waals surface area contributed by atoms with Crippen molar-refractivity contribution in [3.05, 3.63) is 230 Å². The zero-order chi connectivity index (χ0) is 56.0. The van der Waals surface area contributed by atoms with Gasteiger partial charge in [-0.1, -0.05) is 239 Å². The van der Waals surface area contributed by atoms with Gasteiger partial charge >= 0.3 is 0 Å². The van der Waals surface area contributed by atoms with E-state index in [0.717, 1.165) is 0 Å². The second-order valence-corrected chi connectivity index (χ2v) is 27.4. The van der Waals surface area contributed by atoms with E-state index < -0.39 is 0 Å². The molecule has 4 unspecified atom stereocenters. The zero-order valence-electron chi connectivity index (χ0n) is 49.3. The van der Waals surface area contributed by atoms with Gasteiger partial charge in [0.1, 0.15) is 0 Å². The molecule has 0 saturated heterocycles. The third kappa shape index (κ3) is 7.00. The van der Waals surface area contributed by atoms with Crippen LogP contribution in [-0.2, 0) is 10.8 Å². The number of benzene rings is 11. The van der Waals surface area contributed by atoms with E-state index in [1.54, 1.807) is 0 Å². The van der Waals surface area contributed by atoms with Gasteiger partial charge in [-0.2, -0.15) is 0 Å². The van der Waals surface area contributed by atoms with Crippen LogP contribution in [0.25, 0.3) is 87.6 Å². The van der Waals surface area contributed by atoms with Crippen molar-refractivity contribution in [2.45, 2.75) is 129 Å². The maximum Gasteiger partial charge on any atom is 0.0594 e. The number of fused-ring (bicyclic) bond motifs is 10. The fourth-order valence-electron chi connectivity index (χ4n) is 18.2. The molecule has 15 rings (SSSR count). The minimum absolute atomic E-state index is 0.0161. The molecule has 2 saturated carbocycles. The molecule has 2 heteroatoms. The largest absolute Gasteiger partial charge is 0.334 e. The molecule has 2 nitrogen and oxygen atoms in total. The molecule has 2 heterocycles. The summed E-state index contributed by atoms with van der Waals surface area (Å²) in [5, 5.41) is 10.1. The molecular formula is C80H76N2. The Labute approximate surface area is 486 Å². The Balaban J connectivity index is 0.992. The van der Waals surface area contributed by atoms with Crippen LogP contribution in [0.3, 0.4) is 0 Å². The minimum atomic E-state index is -0.0796. The number of hydrogen-bond donors (Lipinski definition) is 0. The van der Waals surface area contributed by atoms with Crippen molar-refractivity contribution in [1.82, 2.24) is 0 Å². The van der Waals surface area contributed by atoms with Gasteiger partial charge in [0, 0.05) is 33.6 Å². The molecule has 4 aliphatic rings. The Bertz CT molecular complexity index is 4070. The summed E-state index contributed by atoms with van der Waals surface area (Å²) < 4.78 is 0. The van der Waals surface area contributed by atoms with Crippen molar-refractivity contribution >= 4 is 65.8 Å². The molecule has 4 atom stereocenters. The molecule has 406 valence electrons. The second kappa shape index (κ2) is 18.3. The highest BCUT2D eigenvalue weighted by molar-refractivity contribution is 6.26. The molecule has 0 radical (unpaired) electrons. The lowest BCUT2D eigenvalue weighted by Crippen LogP contribution is -2.64. The Kier molecular flexibility index (Phi) is 11.4. The van der Waals surface area contributed by atoms with Crippen molar-refractivity contribution in [2.75, 3.05) is 9.80 Å². The van der Waals surface area contributed by atoms with Crippen LogP contribution in [0.1, 0.15) is 118 Å². The van der Waals surface area contributed by atoms with Crippen LogP contribution in [0.15, 0.2) is 218 Å². The average Bonchev–Trinajstić information content (AvgIpc) is 1.80. The van der Waals surface area contributed by atoms with Crippen LogP contribution in [0.2, 0.25) is 0 Å². The maximum absolute atomic E-state index is 2.78. The van der Waals surface area contributed by atoms with Gasteiger partial charge in [0.05, 0.1) is 11.1 Å². The van der Waals surface area contributed by atoms with Crippen LogP contribution >= 0.6 is 0 Å². The van der Waals surface area contributed by atoms with Crippen molar-refractivity contribution < 1.29 is 0 Å². The summed E-state index contributed by atoms with van der Waals surface area (Å²) in [6, 6.07) is 84.4. The van der Waals surface area contributed by atoms with E-state index in [1.807, 2.05) is 0 Å². The number of anilines is 4. The molecular weight excluding hydrogens is 989 g/mol. The first-order chi connectivity index (χ1) is 39.7. The molecule has 0 bridgehead atoms. The Morgan fingerprint density at radius 2 is 0.671 bits per heavy atom. The van der Waals surface area contributed by atoms with Crippen LogP contribution in [0, 0.1) is 10.8 Å². The second-order valence-electron chi connectivity index (χ2n) is 27.4. The fourth-order valence-corrected chi connectivity index (χ4v) is 18.2. The topological polar surface area (TPSA) is 6.48 Å². The van der Waals surface area contributed by atoms with Crippen molar-refractivity contribution in [1.29, 1.82) is 0 Å². The Hall–Kier alpha value is -7.94. The van der Waals surface area contributed by atoms with Crippen LogP contribution in [-0.4, -0.2) is 11.1 Å². The molecule has 2 aliphatic carbocycles. The summed E-state index contributed by atoms with van der Waals surface area (Å²) in [5.41, 5.74) is 18.2. The summed E-state index contributed by atoms with van der Waals surface area (Å²) in [6.07, 6.45) is 9.64. The van der Waals surface area contributed by atoms with E-state index in [2.05, 4.69) is 284 Å². The molecule has 0 spiro atoms. The van der Waals surface area contributed by atoms with Gasteiger partial charge in [0.15, 0.2) is 0 Å². The molecule has 0 amide bonds. The number of hydrogen-bond acceptors (Lipinski definition) is 2. The molecule has 0 aromatic heterocycles. The van der Waals surface area contributed by atoms with Gasteiger partial charge in [0.2, 0.25) is 0 Å². The molecule has 82 heavy (non-hydrogen) atoms. The maximum atomic E-state index is 2.78. The van der Waals surface area contributed by atoms with E-state index in [4.69, 9.17) is 0 Å². The smallest absolute Gasteiger partial charge is 0.0594 e. The highest BCUT2D eigenvalue weighted by Crippen LogP contribution is 2.68. The van der Waals surface area contributed by atoms with E-state index in [1.165, 1.54) is 173 Å². The highest BCUT2D eigenvalue weighted by atomic mass is 15.3. The average molecular weight is 1070 g/mol. The number of nitrogens with zero attached hydrogens (tertiary/aromatic N) is 2.